The van der Waals surface area contributed by atoms with Crippen LogP contribution in [0.15, 0.2) is 18.2 Å². The van der Waals surface area contributed by atoms with Crippen molar-refractivity contribution in [2.45, 2.75) is 185 Å². The standard InChI is InChI=1S/C39H72O/c1-17-18-20-34(5,6)26-36(9,10)28-38(13,14)31-23-30(33(2,3)4)24-32(25-31)39(15,16)29-37(11,12)27-35(7,8)21-19-22-40/h23-25,40H,17-22,26-29H2,1-16H3. The highest BCUT2D eigenvalue weighted by Crippen LogP contribution is 2.48. The molecule has 0 heterocycles. The Morgan fingerprint density at radius 1 is 0.475 bits per heavy atom. The minimum absolute atomic E-state index is 0.0698. The highest BCUT2D eigenvalue weighted by molar-refractivity contribution is 5.41. The summed E-state index contributed by atoms with van der Waals surface area (Å²) in [5.74, 6) is 0. The van der Waals surface area contributed by atoms with Crippen LogP contribution in [0.25, 0.3) is 0 Å². The van der Waals surface area contributed by atoms with Gasteiger partial charge in [-0.2, -0.15) is 0 Å². The van der Waals surface area contributed by atoms with E-state index in [0.717, 1.165) is 19.3 Å². The summed E-state index contributed by atoms with van der Waals surface area (Å²) in [4.78, 5) is 0. The molecule has 0 aliphatic rings. The summed E-state index contributed by atoms with van der Waals surface area (Å²) >= 11 is 0. The van der Waals surface area contributed by atoms with E-state index >= 15 is 0 Å². The molecule has 0 amide bonds. The predicted octanol–water partition coefficient (Wildman–Crippen LogP) is 12.2. The average Bonchev–Trinajstić information content (AvgIpc) is 2.72. The van der Waals surface area contributed by atoms with Crippen molar-refractivity contribution in [3.8, 4) is 0 Å². The maximum atomic E-state index is 9.41. The van der Waals surface area contributed by atoms with Crippen LogP contribution in [-0.2, 0) is 16.2 Å². The van der Waals surface area contributed by atoms with Crippen LogP contribution in [-0.4, -0.2) is 11.7 Å². The SMILES string of the molecule is CCCCC(C)(C)CC(C)(C)CC(C)(C)c1cc(C(C)(C)C)cc(C(C)(C)CC(C)(C)CC(C)(C)CCCO)c1. The van der Waals surface area contributed by atoms with Gasteiger partial charge in [0.05, 0.1) is 0 Å². The molecule has 1 N–H and O–H groups in total. The topological polar surface area (TPSA) is 20.2 Å². The molecule has 1 nitrogen and oxygen atoms in total. The second-order valence-electron chi connectivity index (χ2n) is 19.1. The molecule has 0 unspecified atom stereocenters. The summed E-state index contributed by atoms with van der Waals surface area (Å²) in [6, 6.07) is 7.62. The van der Waals surface area contributed by atoms with Gasteiger partial charge in [-0.1, -0.05) is 142 Å². The summed E-state index contributed by atoms with van der Waals surface area (Å²) in [5, 5.41) is 9.41. The zero-order valence-electron chi connectivity index (χ0n) is 30.3. The minimum Gasteiger partial charge on any atom is -0.396 e. The molecule has 1 aromatic rings. The fourth-order valence-corrected chi connectivity index (χ4v) is 8.54. The van der Waals surface area contributed by atoms with Gasteiger partial charge in [-0.25, -0.2) is 0 Å². The molecule has 1 heteroatoms. The summed E-state index contributed by atoms with van der Waals surface area (Å²) in [6.07, 6.45) is 10.7. The lowest BCUT2D eigenvalue weighted by molar-refractivity contribution is 0.135. The van der Waals surface area contributed by atoms with E-state index in [1.807, 2.05) is 0 Å². The van der Waals surface area contributed by atoms with Crippen molar-refractivity contribution < 1.29 is 5.11 Å². The number of aliphatic hydroxyl groups excluding tert-OH is 1. The van der Waals surface area contributed by atoms with Crippen LogP contribution in [0.3, 0.4) is 0 Å². The third kappa shape index (κ3) is 12.2. The predicted molar refractivity (Wildman–Crippen MR) is 181 cm³/mol. The Bertz CT molecular complexity index is 850. The minimum atomic E-state index is 0.0698. The molecular weight excluding hydrogens is 484 g/mol. The molecule has 0 radical (unpaired) electrons. The molecule has 0 bridgehead atoms. The fraction of sp³-hybridized carbons (Fsp3) is 0.846. The lowest BCUT2D eigenvalue weighted by atomic mass is 9.62. The highest BCUT2D eigenvalue weighted by atomic mass is 16.2. The molecule has 0 aliphatic carbocycles. The van der Waals surface area contributed by atoms with Gasteiger partial charge in [0.1, 0.15) is 0 Å². The van der Waals surface area contributed by atoms with E-state index in [2.05, 4.69) is 129 Å². The molecule has 0 spiro atoms. The number of aliphatic hydroxyl groups is 1. The van der Waals surface area contributed by atoms with Crippen molar-refractivity contribution >= 4 is 0 Å². The lowest BCUT2D eigenvalue weighted by Gasteiger charge is -2.42. The van der Waals surface area contributed by atoms with Crippen LogP contribution in [0.1, 0.15) is 185 Å². The number of hydrogen-bond donors (Lipinski definition) is 1. The van der Waals surface area contributed by atoms with Crippen LogP contribution < -0.4 is 0 Å². The Balaban J connectivity index is 3.42. The van der Waals surface area contributed by atoms with Crippen molar-refractivity contribution in [1.82, 2.24) is 0 Å². The van der Waals surface area contributed by atoms with Crippen LogP contribution in [0.5, 0.6) is 0 Å². The van der Waals surface area contributed by atoms with Gasteiger partial charge in [0.2, 0.25) is 0 Å². The van der Waals surface area contributed by atoms with E-state index in [4.69, 9.17) is 0 Å². The molecule has 0 atom stereocenters. The van der Waals surface area contributed by atoms with Crippen LogP contribution >= 0.6 is 0 Å². The molecule has 0 fully saturated rings. The third-order valence-corrected chi connectivity index (χ3v) is 9.34. The van der Waals surface area contributed by atoms with Gasteiger partial charge in [0.25, 0.3) is 0 Å². The molecule has 0 saturated heterocycles. The Kier molecular flexibility index (Phi) is 12.3. The number of hydrogen-bond acceptors (Lipinski definition) is 1. The summed E-state index contributed by atoms with van der Waals surface area (Å²) in [7, 11) is 0. The zero-order valence-corrected chi connectivity index (χ0v) is 30.3. The highest BCUT2D eigenvalue weighted by Gasteiger charge is 2.38. The van der Waals surface area contributed by atoms with E-state index in [1.165, 1.54) is 55.2 Å². The van der Waals surface area contributed by atoms with Gasteiger partial charge in [-0.15, -0.1) is 0 Å². The van der Waals surface area contributed by atoms with Gasteiger partial charge in [-0.05, 0) is 99.5 Å². The van der Waals surface area contributed by atoms with E-state index < -0.39 is 0 Å². The van der Waals surface area contributed by atoms with Crippen molar-refractivity contribution in [3.05, 3.63) is 34.9 Å². The van der Waals surface area contributed by atoms with E-state index in [-0.39, 0.29) is 32.5 Å². The zero-order chi connectivity index (χ0) is 31.4. The first kappa shape index (κ1) is 37.2. The molecule has 0 aromatic heterocycles. The number of unbranched alkanes of at least 4 members (excludes halogenated alkanes) is 1. The molecule has 234 valence electrons. The average molecular weight is 557 g/mol. The maximum Gasteiger partial charge on any atom is 0.0431 e. The normalized spacial score (nSPS) is 14.6. The summed E-state index contributed by atoms with van der Waals surface area (Å²) in [5.41, 5.74) is 5.83. The van der Waals surface area contributed by atoms with Crippen LogP contribution in [0.2, 0.25) is 0 Å². The summed E-state index contributed by atoms with van der Waals surface area (Å²) < 4.78 is 0. The van der Waals surface area contributed by atoms with Crippen molar-refractivity contribution in [2.75, 3.05) is 6.61 Å². The molecule has 1 rings (SSSR count). The second-order valence-corrected chi connectivity index (χ2v) is 19.1. The largest absolute Gasteiger partial charge is 0.396 e. The van der Waals surface area contributed by atoms with Crippen LogP contribution in [0.4, 0.5) is 0 Å². The quantitative estimate of drug-likeness (QED) is 0.215. The fourth-order valence-electron chi connectivity index (χ4n) is 8.54. The van der Waals surface area contributed by atoms with Crippen molar-refractivity contribution in [3.63, 3.8) is 0 Å². The maximum absolute atomic E-state index is 9.41. The number of rotatable bonds is 16. The molecule has 0 saturated carbocycles. The van der Waals surface area contributed by atoms with Gasteiger partial charge in [0.15, 0.2) is 0 Å². The smallest absolute Gasteiger partial charge is 0.0431 e. The second kappa shape index (κ2) is 13.2. The van der Waals surface area contributed by atoms with Crippen LogP contribution in [0, 0.1) is 21.7 Å². The Morgan fingerprint density at radius 2 is 0.825 bits per heavy atom. The third-order valence-electron chi connectivity index (χ3n) is 9.34. The Labute approximate surface area is 252 Å². The Hall–Kier alpha value is -0.820. The first-order valence-electron chi connectivity index (χ1n) is 16.5. The van der Waals surface area contributed by atoms with E-state index in [0.29, 0.717) is 12.0 Å². The molecule has 0 aliphatic heterocycles. The van der Waals surface area contributed by atoms with E-state index in [1.54, 1.807) is 0 Å². The van der Waals surface area contributed by atoms with Gasteiger partial charge < -0.3 is 5.11 Å². The first-order chi connectivity index (χ1) is 17.8. The monoisotopic (exact) mass is 557 g/mol. The first-order valence-corrected chi connectivity index (χ1v) is 16.5. The van der Waals surface area contributed by atoms with Crippen molar-refractivity contribution in [2.24, 2.45) is 21.7 Å². The number of benzene rings is 1. The van der Waals surface area contributed by atoms with Gasteiger partial charge in [0, 0.05) is 6.61 Å². The van der Waals surface area contributed by atoms with Crippen molar-refractivity contribution in [1.29, 1.82) is 0 Å². The van der Waals surface area contributed by atoms with E-state index in [9.17, 15) is 5.11 Å². The van der Waals surface area contributed by atoms with Gasteiger partial charge in [-0.3, -0.25) is 0 Å². The molecule has 40 heavy (non-hydrogen) atoms. The molecular formula is C39H72O. The molecule has 1 aromatic carbocycles. The summed E-state index contributed by atoms with van der Waals surface area (Å²) in [6.45, 7) is 39.2. The van der Waals surface area contributed by atoms with Gasteiger partial charge >= 0.3 is 0 Å². The lowest BCUT2D eigenvalue weighted by Crippen LogP contribution is -2.33. The Morgan fingerprint density at radius 3 is 1.15 bits per heavy atom.